The summed E-state index contributed by atoms with van der Waals surface area (Å²) in [6.45, 7) is 6.57. The van der Waals surface area contributed by atoms with Crippen molar-refractivity contribution in [3.8, 4) is 0 Å². The number of rotatable bonds is 5. The van der Waals surface area contributed by atoms with E-state index in [0.29, 0.717) is 0 Å². The van der Waals surface area contributed by atoms with Crippen molar-refractivity contribution in [3.05, 3.63) is 18.3 Å². The van der Waals surface area contributed by atoms with Gasteiger partial charge in [0.25, 0.3) is 0 Å². The molecule has 1 amide bonds. The number of carbonyl (C=O) groups excluding carboxylic acids is 1. The van der Waals surface area contributed by atoms with E-state index in [1.807, 2.05) is 30.9 Å². The lowest BCUT2D eigenvalue weighted by molar-refractivity contribution is -0.132. The SMILES string of the molecule is CCNc1cc(NC(C)C(=O)N2CCCCC2)ccn1. The third kappa shape index (κ3) is 3.85. The molecule has 0 aromatic carbocycles. The van der Waals surface area contributed by atoms with Crippen LogP contribution in [0.4, 0.5) is 11.5 Å². The molecular weight excluding hydrogens is 252 g/mol. The maximum Gasteiger partial charge on any atom is 0.244 e. The molecular formula is C15H24N4O. The summed E-state index contributed by atoms with van der Waals surface area (Å²) in [6, 6.07) is 3.62. The van der Waals surface area contributed by atoms with Crippen molar-refractivity contribution in [2.75, 3.05) is 30.3 Å². The Balaban J connectivity index is 1.94. The topological polar surface area (TPSA) is 57.3 Å². The second-order valence-electron chi connectivity index (χ2n) is 5.21. The zero-order valence-electron chi connectivity index (χ0n) is 12.4. The lowest BCUT2D eigenvalue weighted by Gasteiger charge is -2.29. The molecule has 2 heterocycles. The van der Waals surface area contributed by atoms with Crippen LogP contribution >= 0.6 is 0 Å². The molecule has 20 heavy (non-hydrogen) atoms. The van der Waals surface area contributed by atoms with E-state index in [4.69, 9.17) is 0 Å². The van der Waals surface area contributed by atoms with Gasteiger partial charge in [-0.05, 0) is 39.2 Å². The summed E-state index contributed by atoms with van der Waals surface area (Å²) in [5.74, 6) is 1.02. The monoisotopic (exact) mass is 276 g/mol. The van der Waals surface area contributed by atoms with E-state index >= 15 is 0 Å². The maximum atomic E-state index is 12.3. The van der Waals surface area contributed by atoms with Gasteiger partial charge in [0.05, 0.1) is 0 Å². The Morgan fingerprint density at radius 2 is 2.15 bits per heavy atom. The zero-order chi connectivity index (χ0) is 14.4. The van der Waals surface area contributed by atoms with Crippen LogP contribution in [0.5, 0.6) is 0 Å². The van der Waals surface area contributed by atoms with Crippen molar-refractivity contribution in [2.45, 2.75) is 39.2 Å². The fraction of sp³-hybridized carbons (Fsp3) is 0.600. The van der Waals surface area contributed by atoms with Crippen molar-refractivity contribution in [1.82, 2.24) is 9.88 Å². The average Bonchev–Trinajstić information content (AvgIpc) is 2.48. The van der Waals surface area contributed by atoms with Crippen molar-refractivity contribution < 1.29 is 4.79 Å². The fourth-order valence-electron chi connectivity index (χ4n) is 2.50. The number of nitrogens with zero attached hydrogens (tertiary/aromatic N) is 2. The Bertz CT molecular complexity index is 443. The predicted octanol–water partition coefficient (Wildman–Crippen LogP) is 2.33. The van der Waals surface area contributed by atoms with Crippen LogP contribution in [0.15, 0.2) is 18.3 Å². The number of hydrogen-bond acceptors (Lipinski definition) is 4. The van der Waals surface area contributed by atoms with E-state index in [1.54, 1.807) is 6.20 Å². The van der Waals surface area contributed by atoms with Gasteiger partial charge in [-0.3, -0.25) is 4.79 Å². The number of piperidine rings is 1. The number of likely N-dealkylation sites (tertiary alicyclic amines) is 1. The molecule has 110 valence electrons. The molecule has 0 spiro atoms. The first kappa shape index (κ1) is 14.6. The Kier molecular flexibility index (Phi) is 5.21. The smallest absolute Gasteiger partial charge is 0.244 e. The predicted molar refractivity (Wildman–Crippen MR) is 81.9 cm³/mol. The molecule has 0 radical (unpaired) electrons. The Labute approximate surface area is 120 Å². The molecule has 5 nitrogen and oxygen atoms in total. The van der Waals surface area contributed by atoms with E-state index in [9.17, 15) is 4.79 Å². The normalized spacial score (nSPS) is 16.6. The van der Waals surface area contributed by atoms with Crippen LogP contribution in [0.1, 0.15) is 33.1 Å². The molecule has 1 fully saturated rings. The van der Waals surface area contributed by atoms with Crippen LogP contribution < -0.4 is 10.6 Å². The van der Waals surface area contributed by atoms with Gasteiger partial charge in [-0.2, -0.15) is 0 Å². The second-order valence-corrected chi connectivity index (χ2v) is 5.21. The van der Waals surface area contributed by atoms with Gasteiger partial charge in [-0.1, -0.05) is 0 Å². The number of aromatic nitrogens is 1. The van der Waals surface area contributed by atoms with E-state index in [0.717, 1.165) is 44.0 Å². The van der Waals surface area contributed by atoms with Crippen molar-refractivity contribution in [3.63, 3.8) is 0 Å². The highest BCUT2D eigenvalue weighted by Gasteiger charge is 2.21. The quantitative estimate of drug-likeness (QED) is 0.866. The average molecular weight is 276 g/mol. The van der Waals surface area contributed by atoms with Crippen molar-refractivity contribution >= 4 is 17.4 Å². The number of carbonyl (C=O) groups is 1. The van der Waals surface area contributed by atoms with Crippen molar-refractivity contribution in [2.24, 2.45) is 0 Å². The molecule has 2 rings (SSSR count). The van der Waals surface area contributed by atoms with Gasteiger partial charge < -0.3 is 15.5 Å². The van der Waals surface area contributed by atoms with Crippen LogP contribution in [0.3, 0.4) is 0 Å². The van der Waals surface area contributed by atoms with Crippen LogP contribution in [0.25, 0.3) is 0 Å². The molecule has 1 atom stereocenters. The molecule has 1 aliphatic heterocycles. The first-order valence-electron chi connectivity index (χ1n) is 7.46. The van der Waals surface area contributed by atoms with Gasteiger partial charge in [0.2, 0.25) is 5.91 Å². The summed E-state index contributed by atoms with van der Waals surface area (Å²) in [5.41, 5.74) is 0.925. The van der Waals surface area contributed by atoms with Gasteiger partial charge >= 0.3 is 0 Å². The minimum absolute atomic E-state index is 0.187. The van der Waals surface area contributed by atoms with E-state index in [2.05, 4.69) is 15.6 Å². The molecule has 0 bridgehead atoms. The lowest BCUT2D eigenvalue weighted by Crippen LogP contribution is -2.43. The number of nitrogens with one attached hydrogen (secondary N) is 2. The first-order chi connectivity index (χ1) is 9.70. The lowest BCUT2D eigenvalue weighted by atomic mass is 10.1. The molecule has 1 aromatic rings. The largest absolute Gasteiger partial charge is 0.374 e. The summed E-state index contributed by atoms with van der Waals surface area (Å²) in [5, 5.41) is 6.43. The molecule has 0 saturated carbocycles. The molecule has 1 unspecified atom stereocenters. The fourth-order valence-corrected chi connectivity index (χ4v) is 2.50. The van der Waals surface area contributed by atoms with Gasteiger partial charge in [0.1, 0.15) is 11.9 Å². The summed E-state index contributed by atoms with van der Waals surface area (Å²) < 4.78 is 0. The Morgan fingerprint density at radius 3 is 2.85 bits per heavy atom. The van der Waals surface area contributed by atoms with E-state index < -0.39 is 0 Å². The number of hydrogen-bond donors (Lipinski definition) is 2. The van der Waals surface area contributed by atoms with Crippen LogP contribution in [-0.2, 0) is 4.79 Å². The highest BCUT2D eigenvalue weighted by Crippen LogP contribution is 2.15. The Morgan fingerprint density at radius 1 is 1.40 bits per heavy atom. The highest BCUT2D eigenvalue weighted by molar-refractivity contribution is 5.84. The van der Waals surface area contributed by atoms with Crippen LogP contribution in [0.2, 0.25) is 0 Å². The minimum atomic E-state index is -0.204. The van der Waals surface area contributed by atoms with Gasteiger partial charge in [0, 0.05) is 37.6 Å². The second kappa shape index (κ2) is 7.12. The van der Waals surface area contributed by atoms with E-state index in [-0.39, 0.29) is 11.9 Å². The summed E-state index contributed by atoms with van der Waals surface area (Å²) in [7, 11) is 0. The Hall–Kier alpha value is -1.78. The molecule has 1 aliphatic rings. The highest BCUT2D eigenvalue weighted by atomic mass is 16.2. The van der Waals surface area contributed by atoms with Gasteiger partial charge in [0.15, 0.2) is 0 Å². The summed E-state index contributed by atoms with van der Waals surface area (Å²) >= 11 is 0. The molecule has 1 saturated heterocycles. The number of pyridine rings is 1. The minimum Gasteiger partial charge on any atom is -0.374 e. The molecule has 1 aromatic heterocycles. The number of amides is 1. The molecule has 2 N–H and O–H groups in total. The zero-order valence-corrected chi connectivity index (χ0v) is 12.4. The van der Waals surface area contributed by atoms with E-state index in [1.165, 1.54) is 6.42 Å². The first-order valence-corrected chi connectivity index (χ1v) is 7.46. The standard InChI is InChI=1S/C15H24N4O/c1-3-16-14-11-13(7-8-17-14)18-12(2)15(20)19-9-5-4-6-10-19/h7-8,11-12H,3-6,9-10H2,1-2H3,(H2,16,17,18). The third-order valence-corrected chi connectivity index (χ3v) is 3.54. The van der Waals surface area contributed by atoms with Crippen LogP contribution in [-0.4, -0.2) is 41.5 Å². The summed E-state index contributed by atoms with van der Waals surface area (Å²) in [6.07, 6.45) is 5.23. The molecule has 5 heteroatoms. The summed E-state index contributed by atoms with van der Waals surface area (Å²) in [4.78, 5) is 18.5. The van der Waals surface area contributed by atoms with Gasteiger partial charge in [-0.25, -0.2) is 4.98 Å². The third-order valence-electron chi connectivity index (χ3n) is 3.54. The molecule has 0 aliphatic carbocycles. The number of anilines is 2. The van der Waals surface area contributed by atoms with Crippen LogP contribution in [0, 0.1) is 0 Å². The van der Waals surface area contributed by atoms with Crippen molar-refractivity contribution in [1.29, 1.82) is 0 Å². The van der Waals surface area contributed by atoms with Gasteiger partial charge in [-0.15, -0.1) is 0 Å². The maximum absolute atomic E-state index is 12.3.